The summed E-state index contributed by atoms with van der Waals surface area (Å²) < 4.78 is 0. The molecule has 6 nitrogen and oxygen atoms in total. The average molecular weight is 385 g/mol. The van der Waals surface area contributed by atoms with Gasteiger partial charge in [-0.1, -0.05) is 13.8 Å². The van der Waals surface area contributed by atoms with Crippen LogP contribution in [0, 0.1) is 11.8 Å². The Morgan fingerprint density at radius 3 is 2.33 bits per heavy atom. The normalized spacial score (nSPS) is 18.4. The predicted molar refractivity (Wildman–Crippen MR) is 103 cm³/mol. The number of nitrogens with two attached hydrogens (primary N) is 1. The van der Waals surface area contributed by atoms with Crippen molar-refractivity contribution in [3.8, 4) is 0 Å². The number of carbonyl (C=O) groups excluding carboxylic acids is 2. The number of likely N-dealkylation sites (N-methyl/N-ethyl adjacent to an activating group) is 1. The van der Waals surface area contributed by atoms with Crippen molar-refractivity contribution in [3.05, 3.63) is 0 Å². The van der Waals surface area contributed by atoms with E-state index in [9.17, 15) is 9.59 Å². The Labute approximate surface area is 158 Å². The van der Waals surface area contributed by atoms with Gasteiger partial charge in [0.05, 0.1) is 5.92 Å². The molecule has 0 bridgehead atoms. The third kappa shape index (κ3) is 8.01. The molecule has 1 aliphatic rings. The first-order valence-electron chi connectivity index (χ1n) is 8.15. The monoisotopic (exact) mass is 384 g/mol. The van der Waals surface area contributed by atoms with Crippen molar-refractivity contribution in [2.75, 3.05) is 47.3 Å². The van der Waals surface area contributed by atoms with E-state index in [1.54, 1.807) is 9.80 Å². The summed E-state index contributed by atoms with van der Waals surface area (Å²) in [5.41, 5.74) is 6.03. The number of nitrogens with zero attached hydrogens (tertiary/aromatic N) is 3. The Hall–Kier alpha value is -0.560. The van der Waals surface area contributed by atoms with Gasteiger partial charge < -0.3 is 20.4 Å². The van der Waals surface area contributed by atoms with Crippen LogP contribution in [0.5, 0.6) is 0 Å². The molecule has 0 saturated carbocycles. The molecule has 0 aromatic rings. The smallest absolute Gasteiger partial charge is 0.227 e. The fourth-order valence-corrected chi connectivity index (χ4v) is 2.57. The minimum absolute atomic E-state index is 0. The van der Waals surface area contributed by atoms with Crippen molar-refractivity contribution in [2.24, 2.45) is 17.6 Å². The van der Waals surface area contributed by atoms with Crippen LogP contribution >= 0.6 is 24.8 Å². The summed E-state index contributed by atoms with van der Waals surface area (Å²) in [7, 11) is 5.77. The highest BCUT2D eigenvalue weighted by Crippen LogP contribution is 2.20. The summed E-state index contributed by atoms with van der Waals surface area (Å²) in [5, 5.41) is 0. The number of halogens is 2. The van der Waals surface area contributed by atoms with Gasteiger partial charge in [-0.2, -0.15) is 0 Å². The van der Waals surface area contributed by atoms with Crippen LogP contribution < -0.4 is 5.73 Å². The van der Waals surface area contributed by atoms with Crippen LogP contribution in [-0.4, -0.2) is 79.9 Å². The van der Waals surface area contributed by atoms with Crippen molar-refractivity contribution in [3.63, 3.8) is 0 Å². The quantitative estimate of drug-likeness (QED) is 0.679. The molecule has 1 fully saturated rings. The Morgan fingerprint density at radius 2 is 1.83 bits per heavy atom. The maximum Gasteiger partial charge on any atom is 0.227 e. The molecule has 144 valence electrons. The fourth-order valence-electron chi connectivity index (χ4n) is 2.57. The van der Waals surface area contributed by atoms with E-state index in [1.165, 1.54) is 0 Å². The highest BCUT2D eigenvalue weighted by atomic mass is 35.5. The lowest BCUT2D eigenvalue weighted by molar-refractivity contribution is -0.134. The maximum absolute atomic E-state index is 12.5. The Balaban J connectivity index is 0. The highest BCUT2D eigenvalue weighted by Gasteiger charge is 2.35. The van der Waals surface area contributed by atoms with Crippen LogP contribution in [0.1, 0.15) is 26.7 Å². The molecule has 1 aliphatic heterocycles. The van der Waals surface area contributed by atoms with E-state index in [1.807, 2.05) is 26.0 Å². The number of likely N-dealkylation sites (tertiary alicyclic amines) is 1. The van der Waals surface area contributed by atoms with Gasteiger partial charge in [0.25, 0.3) is 0 Å². The van der Waals surface area contributed by atoms with Crippen LogP contribution in [0.3, 0.4) is 0 Å². The number of hydrogen-bond donors (Lipinski definition) is 1. The summed E-state index contributed by atoms with van der Waals surface area (Å²) in [4.78, 5) is 30.0. The van der Waals surface area contributed by atoms with Crippen molar-refractivity contribution < 1.29 is 9.59 Å². The molecule has 0 aliphatic carbocycles. The topological polar surface area (TPSA) is 69.9 Å². The molecular formula is C16H34Cl2N4O2. The summed E-state index contributed by atoms with van der Waals surface area (Å²) in [6.07, 6.45) is 1.14. The van der Waals surface area contributed by atoms with E-state index >= 15 is 0 Å². The summed E-state index contributed by atoms with van der Waals surface area (Å²) in [5.74, 6) is 0.372. The van der Waals surface area contributed by atoms with Crippen molar-refractivity contribution in [2.45, 2.75) is 32.7 Å². The summed E-state index contributed by atoms with van der Waals surface area (Å²) in [6, 6.07) is 0.108. The molecule has 1 rings (SSSR count). The largest absolute Gasteiger partial charge is 0.345 e. The third-order valence-corrected chi connectivity index (χ3v) is 4.41. The SMILES string of the molecule is CC(C)C(N)CCN(C)C(=O)C1CC(=O)N(CCN(C)C)C1.Cl.Cl. The van der Waals surface area contributed by atoms with Gasteiger partial charge in [0, 0.05) is 45.7 Å². The molecule has 8 heteroatoms. The lowest BCUT2D eigenvalue weighted by atomic mass is 10.0. The first-order valence-corrected chi connectivity index (χ1v) is 8.15. The molecule has 0 aromatic heterocycles. The van der Waals surface area contributed by atoms with Gasteiger partial charge in [-0.05, 0) is 26.4 Å². The lowest BCUT2D eigenvalue weighted by Gasteiger charge is -2.24. The molecule has 2 atom stereocenters. The molecular weight excluding hydrogens is 351 g/mol. The van der Waals surface area contributed by atoms with Gasteiger partial charge in [-0.15, -0.1) is 24.8 Å². The molecule has 1 heterocycles. The third-order valence-electron chi connectivity index (χ3n) is 4.41. The standard InChI is InChI=1S/C16H32N4O2.2ClH/c1-12(2)14(17)6-7-19(5)16(22)13-10-15(21)20(11-13)9-8-18(3)4;;/h12-14H,6-11,17H2,1-5H3;2*1H. The van der Waals surface area contributed by atoms with Gasteiger partial charge in [-0.3, -0.25) is 9.59 Å². The molecule has 24 heavy (non-hydrogen) atoms. The zero-order valence-corrected chi connectivity index (χ0v) is 17.2. The van der Waals surface area contributed by atoms with Gasteiger partial charge in [0.2, 0.25) is 11.8 Å². The number of amides is 2. The zero-order chi connectivity index (χ0) is 16.9. The molecule has 1 saturated heterocycles. The van der Waals surface area contributed by atoms with E-state index in [0.717, 1.165) is 13.0 Å². The van der Waals surface area contributed by atoms with Crippen molar-refractivity contribution in [1.82, 2.24) is 14.7 Å². The number of hydrogen-bond acceptors (Lipinski definition) is 4. The van der Waals surface area contributed by atoms with Crippen molar-refractivity contribution in [1.29, 1.82) is 0 Å². The van der Waals surface area contributed by atoms with Crippen LogP contribution in [0.4, 0.5) is 0 Å². The molecule has 0 spiro atoms. The molecule has 2 amide bonds. The van der Waals surface area contributed by atoms with Crippen LogP contribution in [0.15, 0.2) is 0 Å². The van der Waals surface area contributed by atoms with Gasteiger partial charge >= 0.3 is 0 Å². The van der Waals surface area contributed by atoms with Gasteiger partial charge in [-0.25, -0.2) is 0 Å². The Morgan fingerprint density at radius 1 is 1.25 bits per heavy atom. The molecule has 0 aromatic carbocycles. The summed E-state index contributed by atoms with van der Waals surface area (Å²) in [6.45, 7) is 6.89. The minimum Gasteiger partial charge on any atom is -0.345 e. The molecule has 2 N–H and O–H groups in total. The highest BCUT2D eigenvalue weighted by molar-refractivity contribution is 5.89. The van der Waals surface area contributed by atoms with Crippen LogP contribution in [0.25, 0.3) is 0 Å². The average Bonchev–Trinajstić information content (AvgIpc) is 2.82. The fraction of sp³-hybridized carbons (Fsp3) is 0.875. The zero-order valence-electron chi connectivity index (χ0n) is 15.5. The second-order valence-electron chi connectivity index (χ2n) is 7.00. The van der Waals surface area contributed by atoms with Crippen LogP contribution in [0.2, 0.25) is 0 Å². The first-order chi connectivity index (χ1) is 10.2. The van der Waals surface area contributed by atoms with E-state index < -0.39 is 0 Å². The van der Waals surface area contributed by atoms with E-state index in [4.69, 9.17) is 5.73 Å². The van der Waals surface area contributed by atoms with Gasteiger partial charge in [0.1, 0.15) is 0 Å². The lowest BCUT2D eigenvalue weighted by Crippen LogP contribution is -2.39. The van der Waals surface area contributed by atoms with E-state index in [0.29, 0.717) is 32.0 Å². The second kappa shape index (κ2) is 11.9. The van der Waals surface area contributed by atoms with Crippen molar-refractivity contribution >= 4 is 36.6 Å². The molecule has 2 unspecified atom stereocenters. The van der Waals surface area contributed by atoms with Crippen LogP contribution in [-0.2, 0) is 9.59 Å². The Kier molecular flexibility index (Phi) is 12.7. The first kappa shape index (κ1) is 25.7. The second-order valence-corrected chi connectivity index (χ2v) is 7.00. The number of rotatable bonds is 8. The number of carbonyl (C=O) groups is 2. The minimum atomic E-state index is -0.199. The summed E-state index contributed by atoms with van der Waals surface area (Å²) >= 11 is 0. The molecule has 0 radical (unpaired) electrons. The van der Waals surface area contributed by atoms with E-state index in [-0.39, 0.29) is 48.6 Å². The maximum atomic E-state index is 12.5. The Bertz CT molecular complexity index is 394. The van der Waals surface area contributed by atoms with Gasteiger partial charge in [0.15, 0.2) is 0 Å². The van der Waals surface area contributed by atoms with E-state index in [2.05, 4.69) is 13.8 Å². The predicted octanol–water partition coefficient (Wildman–Crippen LogP) is 1.07.